The third-order valence-corrected chi connectivity index (χ3v) is 3.69. The third kappa shape index (κ3) is 5.01. The van der Waals surface area contributed by atoms with E-state index in [-0.39, 0.29) is 4.75 Å². The van der Waals surface area contributed by atoms with Crippen molar-refractivity contribution in [2.75, 3.05) is 19.3 Å². The van der Waals surface area contributed by atoms with Gasteiger partial charge in [0.05, 0.1) is 12.6 Å². The molecule has 2 N–H and O–H groups in total. The van der Waals surface area contributed by atoms with Gasteiger partial charge in [0, 0.05) is 30.2 Å². The summed E-state index contributed by atoms with van der Waals surface area (Å²) in [5, 5.41) is 17.1. The molecule has 0 spiro atoms. The van der Waals surface area contributed by atoms with E-state index in [1.807, 2.05) is 24.0 Å². The van der Waals surface area contributed by atoms with Crippen LogP contribution in [-0.4, -0.2) is 45.1 Å². The summed E-state index contributed by atoms with van der Waals surface area (Å²) in [5.41, 5.74) is 0. The fourth-order valence-electron chi connectivity index (χ4n) is 1.30. The predicted octanol–water partition coefficient (Wildman–Crippen LogP) is 0.975. The predicted molar refractivity (Wildman–Crippen MR) is 68.7 cm³/mol. The van der Waals surface area contributed by atoms with E-state index in [1.165, 1.54) is 0 Å². The molecule has 1 heterocycles. The van der Waals surface area contributed by atoms with Crippen molar-refractivity contribution in [3.05, 3.63) is 18.5 Å². The Hall–Kier alpha value is -0.520. The molecule has 16 heavy (non-hydrogen) atoms. The molecule has 0 aliphatic rings. The molecule has 0 radical (unpaired) electrons. The molecule has 0 aliphatic carbocycles. The van der Waals surface area contributed by atoms with Crippen LogP contribution < -0.4 is 5.32 Å². The van der Waals surface area contributed by atoms with Gasteiger partial charge >= 0.3 is 0 Å². The summed E-state index contributed by atoms with van der Waals surface area (Å²) < 4.78 is 1.96. The molecule has 0 fully saturated rings. The second kappa shape index (κ2) is 6.27. The molecule has 0 saturated heterocycles. The normalized spacial score (nSPS) is 14.0. The van der Waals surface area contributed by atoms with Gasteiger partial charge in [-0.05, 0) is 26.2 Å². The molecule has 0 aromatic carbocycles. The van der Waals surface area contributed by atoms with Crippen LogP contribution in [0.1, 0.15) is 13.8 Å². The summed E-state index contributed by atoms with van der Waals surface area (Å²) in [4.78, 5) is 0. The number of hydrogen-bond donors (Lipinski definition) is 2. The Labute approximate surface area is 101 Å². The Morgan fingerprint density at radius 3 is 2.88 bits per heavy atom. The molecule has 0 bridgehead atoms. The van der Waals surface area contributed by atoms with E-state index in [2.05, 4.69) is 30.5 Å². The molecular formula is C11H21N3OS. The highest BCUT2D eigenvalue weighted by Gasteiger charge is 2.15. The van der Waals surface area contributed by atoms with E-state index in [9.17, 15) is 5.11 Å². The van der Waals surface area contributed by atoms with Gasteiger partial charge in [0.2, 0.25) is 0 Å². The number of aliphatic hydroxyl groups is 1. The average Bonchev–Trinajstić information content (AvgIpc) is 2.70. The van der Waals surface area contributed by atoms with Crippen LogP contribution in [0.2, 0.25) is 0 Å². The van der Waals surface area contributed by atoms with Gasteiger partial charge in [-0.15, -0.1) is 0 Å². The van der Waals surface area contributed by atoms with Crippen molar-refractivity contribution >= 4 is 11.8 Å². The number of thioether (sulfide) groups is 1. The number of nitrogens with zero attached hydrogens (tertiary/aromatic N) is 2. The molecule has 1 rings (SSSR count). The van der Waals surface area contributed by atoms with Crippen molar-refractivity contribution in [1.29, 1.82) is 0 Å². The van der Waals surface area contributed by atoms with E-state index < -0.39 is 6.10 Å². The van der Waals surface area contributed by atoms with E-state index in [4.69, 9.17) is 0 Å². The SMILES string of the molecule is CSC(C)(C)CNCC(O)Cn1cccn1. The maximum absolute atomic E-state index is 9.76. The second-order valence-electron chi connectivity index (χ2n) is 4.48. The van der Waals surface area contributed by atoms with E-state index in [1.54, 1.807) is 10.9 Å². The van der Waals surface area contributed by atoms with Gasteiger partial charge in [0.25, 0.3) is 0 Å². The van der Waals surface area contributed by atoms with Gasteiger partial charge in [-0.25, -0.2) is 0 Å². The summed E-state index contributed by atoms with van der Waals surface area (Å²) in [7, 11) is 0. The Bertz CT molecular complexity index is 287. The van der Waals surface area contributed by atoms with Crippen molar-refractivity contribution < 1.29 is 5.11 Å². The molecular weight excluding hydrogens is 222 g/mol. The van der Waals surface area contributed by atoms with Crippen molar-refractivity contribution in [3.8, 4) is 0 Å². The van der Waals surface area contributed by atoms with Crippen molar-refractivity contribution in [1.82, 2.24) is 15.1 Å². The van der Waals surface area contributed by atoms with Crippen LogP contribution in [0.4, 0.5) is 0 Å². The van der Waals surface area contributed by atoms with Gasteiger partial charge in [-0.2, -0.15) is 16.9 Å². The highest BCUT2D eigenvalue weighted by molar-refractivity contribution is 7.99. The van der Waals surface area contributed by atoms with Gasteiger partial charge in [-0.3, -0.25) is 4.68 Å². The average molecular weight is 243 g/mol. The van der Waals surface area contributed by atoms with E-state index >= 15 is 0 Å². The maximum atomic E-state index is 9.76. The van der Waals surface area contributed by atoms with E-state index in [0.29, 0.717) is 13.1 Å². The minimum absolute atomic E-state index is 0.214. The molecule has 4 nitrogen and oxygen atoms in total. The zero-order valence-electron chi connectivity index (χ0n) is 10.2. The quantitative estimate of drug-likeness (QED) is 0.749. The van der Waals surface area contributed by atoms with Crippen molar-refractivity contribution in [2.24, 2.45) is 0 Å². The monoisotopic (exact) mass is 243 g/mol. The Balaban J connectivity index is 2.18. The highest BCUT2D eigenvalue weighted by Crippen LogP contribution is 2.19. The zero-order valence-corrected chi connectivity index (χ0v) is 11.0. The van der Waals surface area contributed by atoms with Crippen LogP contribution in [0.25, 0.3) is 0 Å². The lowest BCUT2D eigenvalue weighted by molar-refractivity contribution is 0.146. The lowest BCUT2D eigenvalue weighted by Gasteiger charge is -2.23. The van der Waals surface area contributed by atoms with E-state index in [0.717, 1.165) is 6.54 Å². The first kappa shape index (κ1) is 13.5. The molecule has 0 amide bonds. The largest absolute Gasteiger partial charge is 0.390 e. The van der Waals surface area contributed by atoms with Gasteiger partial charge in [0.15, 0.2) is 0 Å². The fourth-order valence-corrected chi connectivity index (χ4v) is 1.55. The fraction of sp³-hybridized carbons (Fsp3) is 0.727. The first-order chi connectivity index (χ1) is 7.53. The lowest BCUT2D eigenvalue weighted by atomic mass is 10.2. The molecule has 5 heteroatoms. The Morgan fingerprint density at radius 2 is 2.31 bits per heavy atom. The van der Waals surface area contributed by atoms with Gasteiger partial charge in [-0.1, -0.05) is 0 Å². The van der Waals surface area contributed by atoms with Crippen molar-refractivity contribution in [3.63, 3.8) is 0 Å². The Morgan fingerprint density at radius 1 is 1.56 bits per heavy atom. The van der Waals surface area contributed by atoms with Crippen LogP contribution in [0.15, 0.2) is 18.5 Å². The molecule has 1 atom stereocenters. The van der Waals surface area contributed by atoms with Crippen LogP contribution in [-0.2, 0) is 6.54 Å². The van der Waals surface area contributed by atoms with Gasteiger partial charge in [0.1, 0.15) is 0 Å². The summed E-state index contributed by atoms with van der Waals surface area (Å²) in [5.74, 6) is 0. The minimum atomic E-state index is -0.391. The summed E-state index contributed by atoms with van der Waals surface area (Å²) in [6.07, 6.45) is 5.28. The van der Waals surface area contributed by atoms with Crippen LogP contribution in [0.5, 0.6) is 0 Å². The summed E-state index contributed by atoms with van der Waals surface area (Å²) in [6, 6.07) is 1.86. The number of nitrogens with one attached hydrogen (secondary N) is 1. The number of aromatic nitrogens is 2. The number of aliphatic hydroxyl groups excluding tert-OH is 1. The molecule has 1 aromatic rings. The van der Waals surface area contributed by atoms with Gasteiger partial charge < -0.3 is 10.4 Å². The lowest BCUT2D eigenvalue weighted by Crippen LogP contribution is -2.38. The van der Waals surface area contributed by atoms with Crippen molar-refractivity contribution in [2.45, 2.75) is 31.2 Å². The topological polar surface area (TPSA) is 50.1 Å². The molecule has 0 aliphatic heterocycles. The molecule has 92 valence electrons. The summed E-state index contributed by atoms with van der Waals surface area (Å²) in [6.45, 7) is 6.41. The zero-order chi connectivity index (χ0) is 12.0. The first-order valence-electron chi connectivity index (χ1n) is 5.45. The molecule has 1 aromatic heterocycles. The summed E-state index contributed by atoms with van der Waals surface area (Å²) >= 11 is 1.82. The van der Waals surface area contributed by atoms with Crippen LogP contribution in [0.3, 0.4) is 0 Å². The van der Waals surface area contributed by atoms with Crippen LogP contribution >= 0.6 is 11.8 Å². The molecule has 0 saturated carbocycles. The second-order valence-corrected chi connectivity index (χ2v) is 5.99. The smallest absolute Gasteiger partial charge is 0.0860 e. The number of hydrogen-bond acceptors (Lipinski definition) is 4. The van der Waals surface area contributed by atoms with Crippen LogP contribution in [0, 0.1) is 0 Å². The first-order valence-corrected chi connectivity index (χ1v) is 6.67. The highest BCUT2D eigenvalue weighted by atomic mass is 32.2. The standard InChI is InChI=1S/C11H21N3OS/c1-11(2,16-3)9-12-7-10(15)8-14-6-4-5-13-14/h4-6,10,12,15H,7-9H2,1-3H3. The minimum Gasteiger partial charge on any atom is -0.390 e. The Kier molecular flexibility index (Phi) is 5.31. The third-order valence-electron chi connectivity index (χ3n) is 2.44. The number of rotatable bonds is 7. The molecule has 1 unspecified atom stereocenters. The maximum Gasteiger partial charge on any atom is 0.0860 e.